The third kappa shape index (κ3) is 8.33. The molecule has 0 aliphatic heterocycles. The topological polar surface area (TPSA) is 95.5 Å². The van der Waals surface area contributed by atoms with Crippen LogP contribution in [0, 0.1) is 5.92 Å². The van der Waals surface area contributed by atoms with Gasteiger partial charge < -0.3 is 15.7 Å². The van der Waals surface area contributed by atoms with Gasteiger partial charge in [0, 0.05) is 18.1 Å². The molecule has 0 bridgehead atoms. The summed E-state index contributed by atoms with van der Waals surface area (Å²) in [6.45, 7) is 4.15. The van der Waals surface area contributed by atoms with Gasteiger partial charge in [0.05, 0.1) is 17.0 Å². The van der Waals surface area contributed by atoms with Crippen molar-refractivity contribution in [2.75, 3.05) is 18.1 Å². The summed E-state index contributed by atoms with van der Waals surface area (Å²) in [5.41, 5.74) is 0.331. The number of hydrogen-bond acceptors (Lipinski definition) is 5. The Morgan fingerprint density at radius 2 is 1.81 bits per heavy atom. The van der Waals surface area contributed by atoms with Crippen molar-refractivity contribution in [3.05, 3.63) is 34.9 Å². The Balaban J connectivity index is 2.43. The maximum absolute atomic E-state index is 12.4. The largest absolute Gasteiger partial charge is 0.481 e. The number of amides is 2. The number of halogens is 1. The molecule has 0 aliphatic carbocycles. The fraction of sp³-hybridized carbons (Fsp3) is 0.471. The van der Waals surface area contributed by atoms with Crippen molar-refractivity contribution < 1.29 is 19.5 Å². The number of benzene rings is 1. The lowest BCUT2D eigenvalue weighted by Crippen LogP contribution is -2.50. The second-order valence-electron chi connectivity index (χ2n) is 5.75. The molecule has 0 radical (unpaired) electrons. The van der Waals surface area contributed by atoms with E-state index in [1.807, 2.05) is 13.8 Å². The Morgan fingerprint density at radius 1 is 1.15 bits per heavy atom. The maximum Gasteiger partial charge on any atom is 0.304 e. The van der Waals surface area contributed by atoms with E-state index in [1.165, 1.54) is 21.6 Å². The van der Waals surface area contributed by atoms with Gasteiger partial charge in [-0.3, -0.25) is 14.4 Å². The molecule has 0 fully saturated rings. The van der Waals surface area contributed by atoms with E-state index in [2.05, 4.69) is 10.6 Å². The Labute approximate surface area is 166 Å². The molecule has 0 aliphatic rings. The molecule has 144 valence electrons. The molecule has 0 aromatic heterocycles. The van der Waals surface area contributed by atoms with E-state index in [0.29, 0.717) is 28.6 Å². The number of hydrogen-bond donors (Lipinski definition) is 3. The van der Waals surface area contributed by atoms with Crippen LogP contribution in [0.15, 0.2) is 24.3 Å². The Kier molecular flexibility index (Phi) is 10.5. The lowest BCUT2D eigenvalue weighted by Gasteiger charge is -2.22. The molecule has 9 heteroatoms. The number of carboxylic acid groups (broad SMARTS) is 1. The van der Waals surface area contributed by atoms with Gasteiger partial charge in [0.15, 0.2) is 0 Å². The maximum atomic E-state index is 12.4. The summed E-state index contributed by atoms with van der Waals surface area (Å²) in [6.07, 6.45) is 0.119. The van der Waals surface area contributed by atoms with Crippen molar-refractivity contribution >= 4 is 51.0 Å². The van der Waals surface area contributed by atoms with Crippen molar-refractivity contribution in [3.63, 3.8) is 0 Å². The van der Waals surface area contributed by atoms with Gasteiger partial charge in [-0.15, -0.1) is 0 Å². The summed E-state index contributed by atoms with van der Waals surface area (Å²) in [7, 11) is 2.96. The second kappa shape index (κ2) is 12.1. The minimum Gasteiger partial charge on any atom is -0.481 e. The first kappa shape index (κ1) is 22.7. The predicted molar refractivity (Wildman–Crippen MR) is 108 cm³/mol. The normalized spacial score (nSPS) is 11.8. The molecule has 0 saturated carbocycles. The molecule has 2 amide bonds. The smallest absolute Gasteiger partial charge is 0.304 e. The van der Waals surface area contributed by atoms with Gasteiger partial charge in [-0.2, -0.15) is 0 Å². The van der Waals surface area contributed by atoms with E-state index in [-0.39, 0.29) is 24.2 Å². The molecule has 1 aromatic rings. The molecule has 6 nitrogen and oxygen atoms in total. The number of aliphatic carboxylic acids is 1. The highest BCUT2D eigenvalue weighted by Gasteiger charge is 2.25. The van der Waals surface area contributed by atoms with Crippen LogP contribution in [0.1, 0.15) is 30.6 Å². The summed E-state index contributed by atoms with van der Waals surface area (Å²) < 4.78 is 0. The van der Waals surface area contributed by atoms with Gasteiger partial charge in [0.25, 0.3) is 5.91 Å². The van der Waals surface area contributed by atoms with Gasteiger partial charge in [-0.25, -0.2) is 0 Å². The molecular weight excluding hydrogens is 396 g/mol. The van der Waals surface area contributed by atoms with Crippen molar-refractivity contribution in [2.45, 2.75) is 26.3 Å². The van der Waals surface area contributed by atoms with Gasteiger partial charge in [-0.05, 0) is 18.1 Å². The van der Waals surface area contributed by atoms with E-state index in [0.717, 1.165) is 0 Å². The van der Waals surface area contributed by atoms with Crippen molar-refractivity contribution in [1.29, 1.82) is 0 Å². The molecule has 1 rings (SSSR count). The summed E-state index contributed by atoms with van der Waals surface area (Å²) in [5.74, 6) is -0.366. The van der Waals surface area contributed by atoms with Crippen molar-refractivity contribution in [1.82, 2.24) is 10.6 Å². The summed E-state index contributed by atoms with van der Waals surface area (Å²) in [4.78, 5) is 35.1. The van der Waals surface area contributed by atoms with E-state index in [4.69, 9.17) is 16.7 Å². The number of carbonyl (C=O) groups excluding carboxylic acids is 2. The summed E-state index contributed by atoms with van der Waals surface area (Å²) in [5, 5.41) is 14.4. The second-order valence-corrected chi connectivity index (χ2v) is 8.86. The average molecular weight is 419 g/mol. The molecular formula is C17H23ClN2O4S2. The molecule has 3 N–H and O–H groups in total. The minimum atomic E-state index is -0.819. The number of rotatable bonds is 11. The van der Waals surface area contributed by atoms with Crippen LogP contribution in [-0.2, 0) is 9.59 Å². The summed E-state index contributed by atoms with van der Waals surface area (Å²) >= 11 is 6.02. The first-order chi connectivity index (χ1) is 12.3. The van der Waals surface area contributed by atoms with Crippen LogP contribution in [0.3, 0.4) is 0 Å². The quantitative estimate of drug-likeness (QED) is 0.377. The van der Waals surface area contributed by atoms with E-state index < -0.39 is 12.0 Å². The SMILES string of the molecule is CC(C)C(NC(=O)c1ccccc1Cl)C(=O)NCCSSCCC(=O)O. The Hall–Kier alpha value is -1.38. The standard InChI is InChI=1S/C17H23ClN2O4S2/c1-11(2)15(20-16(23)12-5-3-4-6-13(12)18)17(24)19-8-10-26-25-9-7-14(21)22/h3-6,11,15H,7-10H2,1-2H3,(H,19,24)(H,20,23)(H,21,22). The van der Waals surface area contributed by atoms with Gasteiger partial charge in [0.2, 0.25) is 5.91 Å². The fourth-order valence-electron chi connectivity index (χ4n) is 1.97. The molecule has 1 unspecified atom stereocenters. The summed E-state index contributed by atoms with van der Waals surface area (Å²) in [6, 6.07) is 6.02. The zero-order chi connectivity index (χ0) is 19.5. The van der Waals surface area contributed by atoms with Crippen LogP contribution in [0.2, 0.25) is 5.02 Å². The fourth-order valence-corrected chi connectivity index (χ4v) is 4.08. The molecule has 0 saturated heterocycles. The van der Waals surface area contributed by atoms with Crippen molar-refractivity contribution in [2.24, 2.45) is 5.92 Å². The molecule has 26 heavy (non-hydrogen) atoms. The minimum absolute atomic E-state index is 0.0842. The van der Waals surface area contributed by atoms with E-state index in [9.17, 15) is 14.4 Å². The highest BCUT2D eigenvalue weighted by atomic mass is 35.5. The van der Waals surface area contributed by atoms with Crippen LogP contribution in [0.4, 0.5) is 0 Å². The number of carboxylic acids is 1. The highest BCUT2D eigenvalue weighted by Crippen LogP contribution is 2.21. The van der Waals surface area contributed by atoms with E-state index >= 15 is 0 Å². The van der Waals surface area contributed by atoms with E-state index in [1.54, 1.807) is 24.3 Å². The van der Waals surface area contributed by atoms with Crippen LogP contribution in [-0.4, -0.2) is 47.0 Å². The first-order valence-electron chi connectivity index (χ1n) is 8.12. The van der Waals surface area contributed by atoms with Crippen LogP contribution in [0.25, 0.3) is 0 Å². The molecule has 0 spiro atoms. The highest BCUT2D eigenvalue weighted by molar-refractivity contribution is 8.76. The third-order valence-corrected chi connectivity index (χ3v) is 6.06. The zero-order valence-corrected chi connectivity index (χ0v) is 17.0. The average Bonchev–Trinajstić information content (AvgIpc) is 2.58. The molecule has 1 aromatic carbocycles. The molecule has 0 heterocycles. The predicted octanol–water partition coefficient (Wildman–Crippen LogP) is 3.07. The van der Waals surface area contributed by atoms with Crippen molar-refractivity contribution in [3.8, 4) is 0 Å². The lowest BCUT2D eigenvalue weighted by molar-refractivity contribution is -0.136. The Morgan fingerprint density at radius 3 is 2.42 bits per heavy atom. The third-order valence-electron chi connectivity index (χ3n) is 3.32. The first-order valence-corrected chi connectivity index (χ1v) is 11.0. The van der Waals surface area contributed by atoms with Gasteiger partial charge >= 0.3 is 5.97 Å². The van der Waals surface area contributed by atoms with Crippen LogP contribution in [0.5, 0.6) is 0 Å². The van der Waals surface area contributed by atoms with Gasteiger partial charge in [0.1, 0.15) is 6.04 Å². The Bertz CT molecular complexity index is 629. The lowest BCUT2D eigenvalue weighted by atomic mass is 10.0. The number of nitrogens with one attached hydrogen (secondary N) is 2. The van der Waals surface area contributed by atoms with Crippen LogP contribution >= 0.6 is 33.2 Å². The zero-order valence-electron chi connectivity index (χ0n) is 14.7. The van der Waals surface area contributed by atoms with Crippen LogP contribution < -0.4 is 10.6 Å². The van der Waals surface area contributed by atoms with Gasteiger partial charge in [-0.1, -0.05) is 59.2 Å². The monoisotopic (exact) mass is 418 g/mol. The molecule has 1 atom stereocenters. The number of carbonyl (C=O) groups is 3.